The molecule has 0 saturated carbocycles. The topological polar surface area (TPSA) is 145 Å². The second-order valence-corrected chi connectivity index (χ2v) is 6.92. The van der Waals surface area contributed by atoms with E-state index in [0.29, 0.717) is 0 Å². The van der Waals surface area contributed by atoms with Gasteiger partial charge < -0.3 is 19.0 Å². The maximum absolute atomic E-state index is 14.3. The molecule has 0 spiro atoms. The molecule has 1 fully saturated rings. The van der Waals surface area contributed by atoms with Gasteiger partial charge in [-0.1, -0.05) is 0 Å². The minimum Gasteiger partial charge on any atom is -0.593 e. The number of benzene rings is 1. The van der Waals surface area contributed by atoms with Crippen molar-refractivity contribution in [3.8, 4) is 0 Å². The Morgan fingerprint density at radius 1 is 1.46 bits per heavy atom. The van der Waals surface area contributed by atoms with Crippen molar-refractivity contribution in [2.45, 2.75) is 6.04 Å². The van der Waals surface area contributed by atoms with Crippen molar-refractivity contribution in [3.63, 3.8) is 0 Å². The van der Waals surface area contributed by atoms with E-state index in [2.05, 4.69) is 10.3 Å². The first-order valence-electron chi connectivity index (χ1n) is 7.37. The fourth-order valence-electron chi connectivity index (χ4n) is 2.31. The van der Waals surface area contributed by atoms with E-state index in [0.717, 1.165) is 12.5 Å². The van der Waals surface area contributed by atoms with E-state index in [-0.39, 0.29) is 34.5 Å². The van der Waals surface area contributed by atoms with Crippen molar-refractivity contribution >= 4 is 29.1 Å². The van der Waals surface area contributed by atoms with Crippen LogP contribution in [0, 0.1) is 22.0 Å². The highest BCUT2D eigenvalue weighted by Gasteiger charge is 2.34. The molecule has 1 aliphatic heterocycles. The van der Waals surface area contributed by atoms with Crippen LogP contribution in [0.25, 0.3) is 0 Å². The third kappa shape index (κ3) is 3.53. The minimum atomic E-state index is -1.46. The summed E-state index contributed by atoms with van der Waals surface area (Å²) in [5, 5.41) is 26.3. The third-order valence-electron chi connectivity index (χ3n) is 3.73. The highest BCUT2D eigenvalue weighted by atomic mass is 32.2. The number of hydrogen-bond donors (Lipinski definition) is 4. The van der Waals surface area contributed by atoms with Crippen molar-refractivity contribution in [2.75, 3.05) is 12.8 Å². The van der Waals surface area contributed by atoms with E-state index in [9.17, 15) is 8.94 Å². The fraction of sp³-hybridized carbons (Fsp3) is 0.200. The highest BCUT2D eigenvalue weighted by molar-refractivity contribution is 7.89. The van der Waals surface area contributed by atoms with Crippen LogP contribution in [0.5, 0.6) is 0 Å². The zero-order valence-electron chi connectivity index (χ0n) is 13.6. The predicted octanol–water partition coefficient (Wildman–Crippen LogP) is 1.36. The Morgan fingerprint density at radius 3 is 2.88 bits per heavy atom. The molecule has 11 heteroatoms. The zero-order valence-corrected chi connectivity index (χ0v) is 14.4. The molecule has 0 radical (unpaired) electrons. The molecule has 2 unspecified atom stereocenters. The lowest BCUT2D eigenvalue weighted by molar-refractivity contribution is 0.483. The molecule has 1 saturated heterocycles. The maximum Gasteiger partial charge on any atom is 0.258 e. The zero-order chi connectivity index (χ0) is 18.8. The summed E-state index contributed by atoms with van der Waals surface area (Å²) in [6, 6.07) is 3.19. The molecule has 26 heavy (non-hydrogen) atoms. The molecule has 4 N–H and O–H groups in total. The SMILES string of the molecule is CN1C(=N)NC(c2cc(C(=N)OC(=N)c3cnco3)ccc2F)C[S+]1[O-]. The summed E-state index contributed by atoms with van der Waals surface area (Å²) in [7, 11) is 1.51. The van der Waals surface area contributed by atoms with E-state index in [4.69, 9.17) is 25.4 Å². The van der Waals surface area contributed by atoms with Crippen molar-refractivity contribution < 1.29 is 18.1 Å². The lowest BCUT2D eigenvalue weighted by Crippen LogP contribution is -2.52. The second kappa shape index (κ2) is 7.14. The summed E-state index contributed by atoms with van der Waals surface area (Å²) in [6.45, 7) is 0. The van der Waals surface area contributed by atoms with Gasteiger partial charge in [-0.15, -0.1) is 0 Å². The largest absolute Gasteiger partial charge is 0.593 e. The Kier molecular flexibility index (Phi) is 4.91. The van der Waals surface area contributed by atoms with Gasteiger partial charge in [-0.05, 0) is 18.2 Å². The monoisotopic (exact) mass is 378 g/mol. The first-order valence-corrected chi connectivity index (χ1v) is 8.65. The predicted molar refractivity (Wildman–Crippen MR) is 92.0 cm³/mol. The smallest absolute Gasteiger partial charge is 0.258 e. The molecule has 2 heterocycles. The average Bonchev–Trinajstić information content (AvgIpc) is 3.14. The highest BCUT2D eigenvalue weighted by Crippen LogP contribution is 2.25. The summed E-state index contributed by atoms with van der Waals surface area (Å²) in [6.07, 6.45) is 2.41. The number of aromatic nitrogens is 1. The van der Waals surface area contributed by atoms with E-state index in [1.807, 2.05) is 0 Å². The van der Waals surface area contributed by atoms with Gasteiger partial charge in [0.15, 0.2) is 12.1 Å². The molecule has 0 amide bonds. The maximum atomic E-state index is 14.3. The summed E-state index contributed by atoms with van der Waals surface area (Å²) >= 11 is -1.46. The van der Waals surface area contributed by atoms with E-state index >= 15 is 0 Å². The molecule has 2 atom stereocenters. The van der Waals surface area contributed by atoms with E-state index < -0.39 is 29.1 Å². The van der Waals surface area contributed by atoms with Crippen LogP contribution < -0.4 is 5.32 Å². The Labute approximate surface area is 151 Å². The van der Waals surface area contributed by atoms with Gasteiger partial charge in [0, 0.05) is 11.1 Å². The summed E-state index contributed by atoms with van der Waals surface area (Å²) in [4.78, 5) is 3.66. The van der Waals surface area contributed by atoms with Crippen molar-refractivity contribution in [1.82, 2.24) is 14.6 Å². The molecule has 1 aliphatic rings. The number of halogens is 1. The van der Waals surface area contributed by atoms with Crippen molar-refractivity contribution in [2.24, 2.45) is 0 Å². The molecule has 136 valence electrons. The van der Waals surface area contributed by atoms with Crippen LogP contribution in [0.1, 0.15) is 22.9 Å². The number of ether oxygens (including phenoxy) is 1. The summed E-state index contributed by atoms with van der Waals surface area (Å²) in [5.74, 6) is -1.28. The molecule has 1 aromatic heterocycles. The minimum absolute atomic E-state index is 0.0536. The van der Waals surface area contributed by atoms with Crippen LogP contribution in [0.3, 0.4) is 0 Å². The number of oxazole rings is 1. The fourth-order valence-corrected chi connectivity index (χ4v) is 3.34. The van der Waals surface area contributed by atoms with Gasteiger partial charge in [0.1, 0.15) is 11.9 Å². The first-order chi connectivity index (χ1) is 12.4. The van der Waals surface area contributed by atoms with Gasteiger partial charge >= 0.3 is 0 Å². The van der Waals surface area contributed by atoms with Gasteiger partial charge in [-0.25, -0.2) is 9.37 Å². The van der Waals surface area contributed by atoms with Crippen LogP contribution >= 0.6 is 0 Å². The van der Waals surface area contributed by atoms with Gasteiger partial charge in [-0.3, -0.25) is 16.2 Å². The Balaban J connectivity index is 1.80. The van der Waals surface area contributed by atoms with E-state index in [1.54, 1.807) is 0 Å². The molecular formula is C15H15FN6O3S. The quantitative estimate of drug-likeness (QED) is 0.360. The summed E-state index contributed by atoms with van der Waals surface area (Å²) in [5.41, 5.74) is 0.386. The number of nitrogens with one attached hydrogen (secondary N) is 4. The van der Waals surface area contributed by atoms with Crippen molar-refractivity contribution in [3.05, 3.63) is 53.5 Å². The van der Waals surface area contributed by atoms with Crippen molar-refractivity contribution in [1.29, 1.82) is 16.2 Å². The van der Waals surface area contributed by atoms with Gasteiger partial charge in [0.2, 0.25) is 17.6 Å². The number of hydrogen-bond acceptors (Lipinski definition) is 7. The third-order valence-corrected chi connectivity index (χ3v) is 5.15. The van der Waals surface area contributed by atoms with Crippen LogP contribution in [-0.2, 0) is 16.1 Å². The molecule has 2 aromatic rings. The average molecular weight is 378 g/mol. The Hall–Kier alpha value is -2.92. The number of guanidine groups is 1. The van der Waals surface area contributed by atoms with Gasteiger partial charge in [-0.2, -0.15) is 4.31 Å². The van der Waals surface area contributed by atoms with Crippen LogP contribution in [-0.4, -0.2) is 44.4 Å². The summed E-state index contributed by atoms with van der Waals surface area (Å²) < 4.78 is 37.5. The molecule has 0 bridgehead atoms. The molecule has 9 nitrogen and oxygen atoms in total. The number of rotatable bonds is 3. The van der Waals surface area contributed by atoms with Crippen LogP contribution in [0.2, 0.25) is 0 Å². The molecule has 1 aromatic carbocycles. The standard InChI is InChI=1S/C15H15FN6O3S/c1-22-15(19)21-11(6-26(22)23)9-4-8(2-3-10(9)16)13(17)25-14(18)12-5-20-7-24-12/h2-5,7,11,17-18H,6H2,1H3,(H2,19,21). The lowest BCUT2D eigenvalue weighted by atomic mass is 10.0. The van der Waals surface area contributed by atoms with Crippen LogP contribution in [0.15, 0.2) is 35.2 Å². The normalized spacial score (nSPS) is 19.8. The second-order valence-electron chi connectivity index (χ2n) is 5.39. The molecule has 3 rings (SSSR count). The van der Waals surface area contributed by atoms with Crippen LogP contribution in [0.4, 0.5) is 4.39 Å². The Morgan fingerprint density at radius 2 is 2.23 bits per heavy atom. The number of nitrogens with zero attached hydrogens (tertiary/aromatic N) is 2. The molecule has 0 aliphatic carbocycles. The first kappa shape index (κ1) is 17.9. The molecular weight excluding hydrogens is 363 g/mol. The van der Waals surface area contributed by atoms with Gasteiger partial charge in [0.05, 0.1) is 24.6 Å². The lowest BCUT2D eigenvalue weighted by Gasteiger charge is -2.33. The Bertz CT molecular complexity index is 859. The van der Waals surface area contributed by atoms with Gasteiger partial charge in [0.25, 0.3) is 5.90 Å². The van der Waals surface area contributed by atoms with E-state index in [1.165, 1.54) is 29.7 Å².